The topological polar surface area (TPSA) is 40.8 Å². The summed E-state index contributed by atoms with van der Waals surface area (Å²) in [4.78, 5) is 0. The molecule has 1 heterocycles. The van der Waals surface area contributed by atoms with Gasteiger partial charge in [-0.2, -0.15) is 5.26 Å². The Morgan fingerprint density at radius 1 is 1.25 bits per heavy atom. The molecule has 1 aromatic carbocycles. The molecule has 0 radical (unpaired) electrons. The number of nitrogens with one attached hydrogen (secondary N) is 1. The van der Waals surface area contributed by atoms with Crippen molar-refractivity contribution in [2.45, 2.75) is 6.54 Å². The molecule has 0 aliphatic heterocycles. The Balaban J connectivity index is 2.11. The molecule has 0 bridgehead atoms. The molecule has 3 nitrogen and oxygen atoms in total. The normalized spacial score (nSPS) is 9.75. The maximum Gasteiger partial charge on any atom is 0.101 e. The Bertz CT molecular complexity index is 520. The second-order valence-corrected chi connectivity index (χ2v) is 3.62. The van der Waals surface area contributed by atoms with Gasteiger partial charge in [-0.1, -0.05) is 12.1 Å². The van der Waals surface area contributed by atoms with Gasteiger partial charge >= 0.3 is 0 Å². The molecule has 0 spiro atoms. The Hall–Kier alpha value is -2.21. The maximum atomic E-state index is 8.94. The summed E-state index contributed by atoms with van der Waals surface area (Å²) in [6.45, 7) is 0.724. The van der Waals surface area contributed by atoms with Crippen LogP contribution in [-0.2, 0) is 13.6 Å². The first-order valence-corrected chi connectivity index (χ1v) is 5.14. The molecule has 0 amide bonds. The molecular formula is C13H13N3. The quantitative estimate of drug-likeness (QED) is 0.847. The first kappa shape index (κ1) is 10.3. The largest absolute Gasteiger partial charge is 0.378 e. The summed E-state index contributed by atoms with van der Waals surface area (Å²) < 4.78 is 2.06. The summed E-state index contributed by atoms with van der Waals surface area (Å²) >= 11 is 0. The fourth-order valence-corrected chi connectivity index (χ4v) is 1.60. The number of rotatable bonds is 3. The van der Waals surface area contributed by atoms with Crippen molar-refractivity contribution >= 4 is 5.69 Å². The molecule has 0 aliphatic rings. The summed E-state index contributed by atoms with van der Waals surface area (Å²) in [6, 6.07) is 13.8. The zero-order valence-corrected chi connectivity index (χ0v) is 9.14. The van der Waals surface area contributed by atoms with Crippen molar-refractivity contribution in [1.29, 1.82) is 5.26 Å². The molecule has 0 atom stereocenters. The van der Waals surface area contributed by atoms with Gasteiger partial charge in [-0.3, -0.25) is 0 Å². The van der Waals surface area contributed by atoms with E-state index in [4.69, 9.17) is 5.26 Å². The summed E-state index contributed by atoms with van der Waals surface area (Å²) in [6.07, 6.45) is 2.01. The molecule has 0 saturated carbocycles. The highest BCUT2D eigenvalue weighted by Gasteiger charge is 2.01. The number of hydrogen-bond acceptors (Lipinski definition) is 2. The minimum Gasteiger partial charge on any atom is -0.378 e. The fraction of sp³-hybridized carbons (Fsp3) is 0.154. The summed E-state index contributed by atoms with van der Waals surface area (Å²) in [5.74, 6) is 0. The van der Waals surface area contributed by atoms with Crippen LogP contribution in [0.3, 0.4) is 0 Å². The van der Waals surface area contributed by atoms with Crippen LogP contribution in [0.1, 0.15) is 11.3 Å². The highest BCUT2D eigenvalue weighted by molar-refractivity contribution is 5.57. The lowest BCUT2D eigenvalue weighted by Gasteiger charge is -2.08. The van der Waals surface area contributed by atoms with Crippen molar-refractivity contribution in [3.05, 3.63) is 53.9 Å². The van der Waals surface area contributed by atoms with E-state index < -0.39 is 0 Å². The average Bonchev–Trinajstić information content (AvgIpc) is 2.72. The van der Waals surface area contributed by atoms with E-state index in [1.165, 1.54) is 5.69 Å². The third-order valence-electron chi connectivity index (χ3n) is 2.56. The molecule has 16 heavy (non-hydrogen) atoms. The number of aryl methyl sites for hydroxylation is 1. The van der Waals surface area contributed by atoms with E-state index in [-0.39, 0.29) is 0 Å². The van der Waals surface area contributed by atoms with Crippen LogP contribution in [-0.4, -0.2) is 4.57 Å². The lowest BCUT2D eigenvalue weighted by atomic mass is 10.2. The van der Waals surface area contributed by atoms with Gasteiger partial charge in [0.2, 0.25) is 0 Å². The molecule has 0 saturated heterocycles. The second kappa shape index (κ2) is 4.54. The monoisotopic (exact) mass is 211 g/mol. The summed E-state index contributed by atoms with van der Waals surface area (Å²) in [5, 5.41) is 12.2. The van der Waals surface area contributed by atoms with Gasteiger partial charge in [-0.05, 0) is 24.3 Å². The maximum absolute atomic E-state index is 8.94. The Morgan fingerprint density at radius 2 is 2.06 bits per heavy atom. The van der Waals surface area contributed by atoms with Crippen molar-refractivity contribution < 1.29 is 0 Å². The van der Waals surface area contributed by atoms with Crippen molar-refractivity contribution in [2.75, 3.05) is 5.32 Å². The Morgan fingerprint density at radius 3 is 2.75 bits per heavy atom. The van der Waals surface area contributed by atoms with Crippen molar-refractivity contribution in [1.82, 2.24) is 4.57 Å². The van der Waals surface area contributed by atoms with E-state index in [0.717, 1.165) is 12.2 Å². The smallest absolute Gasteiger partial charge is 0.101 e. The van der Waals surface area contributed by atoms with E-state index in [1.54, 1.807) is 0 Å². The average molecular weight is 211 g/mol. The van der Waals surface area contributed by atoms with E-state index >= 15 is 0 Å². The van der Waals surface area contributed by atoms with Crippen molar-refractivity contribution in [3.63, 3.8) is 0 Å². The molecular weight excluding hydrogens is 198 g/mol. The molecule has 0 fully saturated rings. The van der Waals surface area contributed by atoms with Gasteiger partial charge in [0.25, 0.3) is 0 Å². The van der Waals surface area contributed by atoms with Crippen LogP contribution in [0.5, 0.6) is 0 Å². The molecule has 0 aliphatic carbocycles. The lowest BCUT2D eigenvalue weighted by Crippen LogP contribution is -2.04. The van der Waals surface area contributed by atoms with Gasteiger partial charge in [-0.25, -0.2) is 0 Å². The van der Waals surface area contributed by atoms with Gasteiger partial charge in [0.15, 0.2) is 0 Å². The highest BCUT2D eigenvalue weighted by Crippen LogP contribution is 2.14. The van der Waals surface area contributed by atoms with Gasteiger partial charge in [0.05, 0.1) is 17.8 Å². The molecule has 3 heteroatoms. The van der Waals surface area contributed by atoms with Crippen LogP contribution < -0.4 is 5.32 Å². The molecule has 2 aromatic rings. The number of para-hydroxylation sites is 1. The summed E-state index contributed by atoms with van der Waals surface area (Å²) in [7, 11) is 2.01. The molecule has 0 unspecified atom stereocenters. The minimum absolute atomic E-state index is 0.678. The predicted molar refractivity (Wildman–Crippen MR) is 63.9 cm³/mol. The number of nitrogens with zero attached hydrogens (tertiary/aromatic N) is 2. The van der Waals surface area contributed by atoms with Crippen molar-refractivity contribution in [2.24, 2.45) is 7.05 Å². The zero-order valence-electron chi connectivity index (χ0n) is 9.14. The van der Waals surface area contributed by atoms with E-state index in [2.05, 4.69) is 22.0 Å². The summed E-state index contributed by atoms with van der Waals surface area (Å²) in [5.41, 5.74) is 2.75. The first-order valence-electron chi connectivity index (χ1n) is 5.14. The first-order chi connectivity index (χ1) is 7.81. The number of aromatic nitrogens is 1. The fourth-order valence-electron chi connectivity index (χ4n) is 1.60. The van der Waals surface area contributed by atoms with Crippen LogP contribution in [0.15, 0.2) is 42.6 Å². The zero-order chi connectivity index (χ0) is 11.4. The van der Waals surface area contributed by atoms with Crippen LogP contribution in [0.4, 0.5) is 5.69 Å². The predicted octanol–water partition coefficient (Wildman–Crippen LogP) is 2.51. The van der Waals surface area contributed by atoms with E-state index in [9.17, 15) is 0 Å². The number of benzene rings is 1. The molecule has 1 N–H and O–H groups in total. The van der Waals surface area contributed by atoms with Crippen molar-refractivity contribution in [3.8, 4) is 6.07 Å². The highest BCUT2D eigenvalue weighted by atomic mass is 15.0. The number of anilines is 1. The number of hydrogen-bond donors (Lipinski definition) is 1. The third kappa shape index (κ3) is 2.06. The minimum atomic E-state index is 0.678. The SMILES string of the molecule is Cn1cccc1CNc1ccccc1C#N. The van der Waals surface area contributed by atoms with Crippen LogP contribution in [0.25, 0.3) is 0 Å². The van der Waals surface area contributed by atoms with Gasteiger partial charge in [0.1, 0.15) is 6.07 Å². The third-order valence-corrected chi connectivity index (χ3v) is 2.56. The van der Waals surface area contributed by atoms with Crippen LogP contribution in [0.2, 0.25) is 0 Å². The second-order valence-electron chi connectivity index (χ2n) is 3.62. The van der Waals surface area contributed by atoms with Crippen LogP contribution in [0, 0.1) is 11.3 Å². The van der Waals surface area contributed by atoms with E-state index in [1.807, 2.05) is 43.6 Å². The Kier molecular flexibility index (Phi) is 2.93. The van der Waals surface area contributed by atoms with E-state index in [0.29, 0.717) is 5.56 Å². The molecule has 80 valence electrons. The Labute approximate surface area is 94.9 Å². The standard InChI is InChI=1S/C13H13N3/c1-16-8-4-6-12(16)10-15-13-7-3-2-5-11(13)9-14/h2-8,15H,10H2,1H3. The lowest BCUT2D eigenvalue weighted by molar-refractivity contribution is 0.842. The van der Waals surface area contributed by atoms with Crippen LogP contribution >= 0.6 is 0 Å². The van der Waals surface area contributed by atoms with Gasteiger partial charge in [0, 0.05) is 18.9 Å². The van der Waals surface area contributed by atoms with Gasteiger partial charge < -0.3 is 9.88 Å². The molecule has 1 aromatic heterocycles. The molecule has 2 rings (SSSR count). The number of nitriles is 1. The van der Waals surface area contributed by atoms with Gasteiger partial charge in [-0.15, -0.1) is 0 Å².